The molecule has 2 atom stereocenters. The van der Waals surface area contributed by atoms with Crippen LogP contribution in [-0.2, 0) is 10.9 Å². The summed E-state index contributed by atoms with van der Waals surface area (Å²) in [6.45, 7) is 2.15. The van der Waals surface area contributed by atoms with Crippen molar-refractivity contribution in [3.8, 4) is 5.69 Å². The number of halogens is 3. The monoisotopic (exact) mass is 432 g/mol. The number of aromatic nitrogens is 4. The number of rotatable bonds is 3. The molecule has 0 bridgehead atoms. The Morgan fingerprint density at radius 1 is 1.19 bits per heavy atom. The van der Waals surface area contributed by atoms with Gasteiger partial charge in [-0.15, -0.1) is 0 Å². The number of carbonyl (C=O) groups is 1. The molecule has 1 saturated heterocycles. The SMILES string of the molecule is CC1COC(c2cccc(C(F)(F)F)c2)CN1C(=O)c1cccc(-n2nnnc2N)c1. The van der Waals surface area contributed by atoms with Crippen LogP contribution in [0.15, 0.2) is 48.5 Å². The highest BCUT2D eigenvalue weighted by atomic mass is 19.4. The number of benzene rings is 2. The average molecular weight is 432 g/mol. The molecule has 1 amide bonds. The first kappa shape index (κ1) is 20.8. The molecule has 2 heterocycles. The number of nitrogen functional groups attached to an aromatic ring is 1. The first-order valence-electron chi connectivity index (χ1n) is 9.48. The van der Waals surface area contributed by atoms with Crippen molar-refractivity contribution in [2.75, 3.05) is 18.9 Å². The Hall–Kier alpha value is -3.47. The number of hydrogen-bond acceptors (Lipinski definition) is 6. The molecule has 2 unspecified atom stereocenters. The lowest BCUT2D eigenvalue weighted by Gasteiger charge is -2.38. The summed E-state index contributed by atoms with van der Waals surface area (Å²) in [5, 5.41) is 10.9. The lowest BCUT2D eigenvalue weighted by molar-refractivity contribution is -0.137. The predicted octanol–water partition coefficient (Wildman–Crippen LogP) is 2.87. The maximum atomic E-state index is 13.2. The average Bonchev–Trinajstić information content (AvgIpc) is 3.19. The van der Waals surface area contributed by atoms with Crippen LogP contribution in [0.3, 0.4) is 0 Å². The van der Waals surface area contributed by atoms with Gasteiger partial charge in [-0.05, 0) is 53.2 Å². The summed E-state index contributed by atoms with van der Waals surface area (Å²) in [6, 6.07) is 11.4. The number of amides is 1. The molecule has 11 heteroatoms. The Bertz CT molecular complexity index is 1100. The van der Waals surface area contributed by atoms with Crippen molar-refractivity contribution in [1.29, 1.82) is 0 Å². The quantitative estimate of drug-likeness (QED) is 0.683. The van der Waals surface area contributed by atoms with E-state index < -0.39 is 17.8 Å². The number of carbonyl (C=O) groups excluding carboxylic acids is 1. The van der Waals surface area contributed by atoms with Gasteiger partial charge in [0.2, 0.25) is 5.95 Å². The maximum absolute atomic E-state index is 13.2. The zero-order valence-electron chi connectivity index (χ0n) is 16.5. The number of anilines is 1. The van der Waals surface area contributed by atoms with E-state index in [9.17, 15) is 18.0 Å². The summed E-state index contributed by atoms with van der Waals surface area (Å²) >= 11 is 0. The second-order valence-corrected chi connectivity index (χ2v) is 7.25. The third-order valence-corrected chi connectivity index (χ3v) is 5.11. The predicted molar refractivity (Wildman–Crippen MR) is 104 cm³/mol. The molecular weight excluding hydrogens is 413 g/mol. The second kappa shape index (κ2) is 7.99. The van der Waals surface area contributed by atoms with Crippen LogP contribution in [-0.4, -0.2) is 50.2 Å². The summed E-state index contributed by atoms with van der Waals surface area (Å²) in [5.74, 6) is -0.199. The van der Waals surface area contributed by atoms with Crippen LogP contribution in [0.25, 0.3) is 5.69 Å². The molecule has 1 aliphatic heterocycles. The molecule has 2 N–H and O–H groups in total. The minimum atomic E-state index is -4.45. The fourth-order valence-electron chi connectivity index (χ4n) is 3.47. The zero-order chi connectivity index (χ0) is 22.2. The number of alkyl halides is 3. The van der Waals surface area contributed by atoms with Crippen LogP contribution < -0.4 is 5.73 Å². The van der Waals surface area contributed by atoms with Crippen LogP contribution >= 0.6 is 0 Å². The number of tetrazole rings is 1. The Labute approximate surface area is 175 Å². The van der Waals surface area contributed by atoms with Gasteiger partial charge in [0.25, 0.3) is 5.91 Å². The molecule has 1 aliphatic rings. The highest BCUT2D eigenvalue weighted by molar-refractivity contribution is 5.95. The first-order valence-corrected chi connectivity index (χ1v) is 9.48. The van der Waals surface area contributed by atoms with Crippen molar-refractivity contribution in [2.24, 2.45) is 0 Å². The van der Waals surface area contributed by atoms with E-state index in [4.69, 9.17) is 10.5 Å². The van der Waals surface area contributed by atoms with Crippen LogP contribution in [0.2, 0.25) is 0 Å². The molecule has 0 spiro atoms. The van der Waals surface area contributed by atoms with E-state index >= 15 is 0 Å². The maximum Gasteiger partial charge on any atom is 0.416 e. The van der Waals surface area contributed by atoms with Crippen LogP contribution in [0.5, 0.6) is 0 Å². The van der Waals surface area contributed by atoms with Crippen molar-refractivity contribution in [3.63, 3.8) is 0 Å². The van der Waals surface area contributed by atoms with Crippen molar-refractivity contribution in [1.82, 2.24) is 25.1 Å². The summed E-state index contributed by atoms with van der Waals surface area (Å²) in [5.41, 5.74) is 6.24. The van der Waals surface area contributed by atoms with Crippen molar-refractivity contribution in [3.05, 3.63) is 65.2 Å². The smallest absolute Gasteiger partial charge is 0.370 e. The van der Waals surface area contributed by atoms with E-state index in [2.05, 4.69) is 15.5 Å². The Morgan fingerprint density at radius 2 is 1.97 bits per heavy atom. The summed E-state index contributed by atoms with van der Waals surface area (Å²) in [7, 11) is 0. The fraction of sp³-hybridized carbons (Fsp3) is 0.300. The highest BCUT2D eigenvalue weighted by Gasteiger charge is 2.34. The largest absolute Gasteiger partial charge is 0.416 e. The van der Waals surface area contributed by atoms with Crippen LogP contribution in [0, 0.1) is 0 Å². The highest BCUT2D eigenvalue weighted by Crippen LogP contribution is 2.33. The van der Waals surface area contributed by atoms with Gasteiger partial charge in [0.15, 0.2) is 0 Å². The van der Waals surface area contributed by atoms with E-state index in [0.717, 1.165) is 12.1 Å². The summed E-state index contributed by atoms with van der Waals surface area (Å²) in [6.07, 6.45) is -5.12. The van der Waals surface area contributed by atoms with Gasteiger partial charge in [-0.3, -0.25) is 4.79 Å². The molecule has 1 fully saturated rings. The zero-order valence-corrected chi connectivity index (χ0v) is 16.5. The number of hydrogen-bond donors (Lipinski definition) is 1. The Morgan fingerprint density at radius 3 is 2.68 bits per heavy atom. The molecule has 4 rings (SSSR count). The van der Waals surface area contributed by atoms with Gasteiger partial charge in [-0.2, -0.15) is 17.9 Å². The fourth-order valence-corrected chi connectivity index (χ4v) is 3.47. The molecule has 8 nitrogen and oxygen atoms in total. The minimum Gasteiger partial charge on any atom is -0.370 e. The van der Waals surface area contributed by atoms with Gasteiger partial charge in [0.1, 0.15) is 6.10 Å². The number of nitrogens with two attached hydrogens (primary N) is 1. The molecule has 0 saturated carbocycles. The molecule has 2 aromatic carbocycles. The lowest BCUT2D eigenvalue weighted by Crippen LogP contribution is -2.48. The summed E-state index contributed by atoms with van der Waals surface area (Å²) in [4.78, 5) is 14.8. The van der Waals surface area contributed by atoms with Gasteiger partial charge < -0.3 is 15.4 Å². The van der Waals surface area contributed by atoms with Crippen LogP contribution in [0.4, 0.5) is 19.1 Å². The first-order chi connectivity index (χ1) is 14.7. The van der Waals surface area contributed by atoms with Crippen molar-refractivity contribution in [2.45, 2.75) is 25.2 Å². The van der Waals surface area contributed by atoms with Crippen molar-refractivity contribution < 1.29 is 22.7 Å². The molecule has 1 aromatic heterocycles. The molecule has 3 aromatic rings. The van der Waals surface area contributed by atoms with E-state index in [1.807, 2.05) is 6.92 Å². The van der Waals surface area contributed by atoms with Crippen molar-refractivity contribution >= 4 is 11.9 Å². The third-order valence-electron chi connectivity index (χ3n) is 5.11. The van der Waals surface area contributed by atoms with Crippen LogP contribution in [0.1, 0.15) is 34.5 Å². The molecule has 162 valence electrons. The van der Waals surface area contributed by atoms with Gasteiger partial charge in [-0.1, -0.05) is 23.3 Å². The minimum absolute atomic E-state index is 0.0777. The Kier molecular flexibility index (Phi) is 5.36. The molecule has 0 radical (unpaired) electrons. The van der Waals surface area contributed by atoms with E-state index in [1.165, 1.54) is 10.7 Å². The second-order valence-electron chi connectivity index (χ2n) is 7.25. The van der Waals surface area contributed by atoms with E-state index in [0.29, 0.717) is 16.8 Å². The van der Waals surface area contributed by atoms with Gasteiger partial charge in [0, 0.05) is 5.56 Å². The normalized spacial score (nSPS) is 19.4. The Balaban J connectivity index is 1.58. The number of ether oxygens (including phenoxy) is 1. The third kappa shape index (κ3) is 4.22. The standard InChI is InChI=1S/C20H19F3N6O2/c1-12-11-31-17(13-4-2-6-15(8-13)20(21,22)23)10-28(12)18(30)14-5-3-7-16(9-14)29-19(24)25-26-27-29/h2-9,12,17H,10-11H2,1H3,(H2,24,25,27). The topological polar surface area (TPSA) is 99.2 Å². The van der Waals surface area contributed by atoms with E-state index in [-0.39, 0.29) is 31.0 Å². The van der Waals surface area contributed by atoms with Gasteiger partial charge in [0.05, 0.1) is 30.4 Å². The van der Waals surface area contributed by atoms with Gasteiger partial charge >= 0.3 is 6.18 Å². The lowest BCUT2D eigenvalue weighted by atomic mass is 10.0. The number of nitrogens with zero attached hydrogens (tertiary/aromatic N) is 5. The number of morpholine rings is 1. The molecule has 0 aliphatic carbocycles. The molecule has 31 heavy (non-hydrogen) atoms. The van der Waals surface area contributed by atoms with E-state index in [1.54, 1.807) is 35.2 Å². The molecular formula is C20H19F3N6O2. The summed E-state index contributed by atoms with van der Waals surface area (Å²) < 4.78 is 46.3. The van der Waals surface area contributed by atoms with Gasteiger partial charge in [-0.25, -0.2) is 0 Å².